The SMILES string of the molecule is O=c1ncn2nc(Sc3ccc(F)cc3F)ccc2c1-c1c(Cl)cccc1Cl.O=c1ncn2nc(Sc3ccc(F)cc3F)ccc2c1-c1c(Cl)cccc1Cl.O=c1ncn2nc(Sc3ccc(F)cc3F)ccc2c1-c1c(Cl)cccc1Cl.O=c1ncn2nc(Sc3ccc(F)cc3F)ccc2c1-c1c(Cl)cccc1Cl. The molecule has 0 aliphatic carbocycles. The standard InChI is InChI=1S/4C19H9Cl2F2N3OS/c4*20-11-2-1-3-12(21)17(11)18-14-5-7-16(25-26(14)9-24-19(18)27)28-15-6-4-10(22)8-13(15)23/h4*1-9H. The molecule has 36 heteroatoms. The van der Waals surface area contributed by atoms with Crippen molar-refractivity contribution < 1.29 is 35.1 Å². The molecule has 112 heavy (non-hydrogen) atoms. The van der Waals surface area contributed by atoms with Crippen LogP contribution in [0.4, 0.5) is 35.1 Å². The molecular formula is C76H36Cl8F8N12O4S4. The number of nitrogens with zero attached hydrogens (tertiary/aromatic N) is 12. The van der Waals surface area contributed by atoms with Gasteiger partial charge in [-0.3, -0.25) is 19.2 Å². The summed E-state index contributed by atoms with van der Waals surface area (Å²) in [6.45, 7) is 0. The first kappa shape index (κ1) is 80.1. The molecule has 560 valence electrons. The number of halogens is 16. The van der Waals surface area contributed by atoms with Crippen LogP contribution in [0, 0.1) is 46.5 Å². The fourth-order valence-electron chi connectivity index (χ4n) is 10.7. The molecule has 0 aliphatic rings. The molecule has 0 amide bonds. The lowest BCUT2D eigenvalue weighted by atomic mass is 10.1. The van der Waals surface area contributed by atoms with E-state index >= 15 is 0 Å². The van der Waals surface area contributed by atoms with Crippen LogP contribution in [-0.2, 0) is 0 Å². The molecule has 16 aromatic rings. The Balaban J connectivity index is 0.000000131. The van der Waals surface area contributed by atoms with E-state index < -0.39 is 68.8 Å². The monoisotopic (exact) mass is 1740 g/mol. The lowest BCUT2D eigenvalue weighted by molar-refractivity contribution is 0.564. The van der Waals surface area contributed by atoms with E-state index in [1.54, 1.807) is 121 Å². The molecule has 0 unspecified atom stereocenters. The average Bonchev–Trinajstić information content (AvgIpc) is 0.784. The van der Waals surface area contributed by atoms with Crippen LogP contribution in [0.3, 0.4) is 0 Å². The number of rotatable bonds is 12. The van der Waals surface area contributed by atoms with Gasteiger partial charge in [-0.2, -0.15) is 40.3 Å². The van der Waals surface area contributed by atoms with Gasteiger partial charge in [-0.1, -0.05) is 164 Å². The minimum Gasteiger partial charge on any atom is -0.267 e. The Morgan fingerprint density at radius 1 is 0.241 bits per heavy atom. The second-order valence-electron chi connectivity index (χ2n) is 22.8. The largest absolute Gasteiger partial charge is 0.281 e. The third kappa shape index (κ3) is 17.9. The summed E-state index contributed by atoms with van der Waals surface area (Å²) in [5, 5.41) is 21.6. The van der Waals surface area contributed by atoms with E-state index in [4.69, 9.17) is 92.8 Å². The predicted molar refractivity (Wildman–Crippen MR) is 421 cm³/mol. The zero-order chi connectivity index (χ0) is 79.3. The van der Waals surface area contributed by atoms with Crippen LogP contribution >= 0.6 is 140 Å². The van der Waals surface area contributed by atoms with Gasteiger partial charge >= 0.3 is 0 Å². The molecular weight excluding hydrogens is 1710 g/mol. The summed E-state index contributed by atoms with van der Waals surface area (Å²) < 4.78 is 113. The highest BCUT2D eigenvalue weighted by Crippen LogP contribution is 2.41. The van der Waals surface area contributed by atoms with Crippen LogP contribution in [0.2, 0.25) is 40.2 Å². The molecule has 8 aromatic heterocycles. The van der Waals surface area contributed by atoms with Gasteiger partial charge in [-0.05, 0) is 146 Å². The summed E-state index contributed by atoms with van der Waals surface area (Å²) >= 11 is 54.1. The Bertz CT molecular complexity index is 5830. The predicted octanol–water partition coefficient (Wildman–Crippen LogP) is 22.0. The Labute approximate surface area is 681 Å². The molecule has 0 spiro atoms. The maximum absolute atomic E-state index is 13.9. The molecule has 0 fully saturated rings. The molecule has 16 nitrogen and oxygen atoms in total. The fraction of sp³-hybridized carbons (Fsp3) is 0. The summed E-state index contributed by atoms with van der Waals surface area (Å²) in [7, 11) is 0. The lowest BCUT2D eigenvalue weighted by Crippen LogP contribution is -2.14. The van der Waals surface area contributed by atoms with E-state index in [0.29, 0.717) is 105 Å². The number of fused-ring (bicyclic) bond motifs is 4. The van der Waals surface area contributed by atoms with Gasteiger partial charge in [0, 0.05) is 66.1 Å². The highest BCUT2D eigenvalue weighted by atomic mass is 35.5. The third-order valence-corrected chi connectivity index (χ3v) is 22.1. The van der Waals surface area contributed by atoms with Crippen LogP contribution < -0.4 is 22.2 Å². The molecule has 8 aromatic carbocycles. The summed E-state index contributed by atoms with van der Waals surface area (Å²) in [6, 6.07) is 46.0. The zero-order valence-corrected chi connectivity index (χ0v) is 64.8. The van der Waals surface area contributed by atoms with Crippen LogP contribution in [0.5, 0.6) is 0 Å². The second kappa shape index (κ2) is 35.0. The van der Waals surface area contributed by atoms with E-state index in [0.717, 1.165) is 71.3 Å². The van der Waals surface area contributed by atoms with Gasteiger partial charge in [0.05, 0.1) is 84.5 Å². The van der Waals surface area contributed by atoms with E-state index in [9.17, 15) is 54.3 Å². The Hall–Kier alpha value is -9.92. The number of aromatic nitrogens is 12. The summed E-state index contributed by atoms with van der Waals surface area (Å²) in [4.78, 5) is 66.0. The van der Waals surface area contributed by atoms with Crippen molar-refractivity contribution in [3.05, 3.63) is 348 Å². The van der Waals surface area contributed by atoms with Crippen molar-refractivity contribution in [2.45, 2.75) is 39.7 Å². The summed E-state index contributed by atoms with van der Waals surface area (Å²) in [6.07, 6.45) is 5.04. The van der Waals surface area contributed by atoms with Crippen molar-refractivity contribution >= 4 is 162 Å². The minimum atomic E-state index is -0.687. The first-order valence-corrected chi connectivity index (χ1v) is 37.9. The maximum Gasteiger partial charge on any atom is 0.281 e. The summed E-state index contributed by atoms with van der Waals surface area (Å²) in [5.41, 5.74) is 2.13. The normalized spacial score (nSPS) is 11.1. The Morgan fingerprint density at radius 3 is 0.607 bits per heavy atom. The molecule has 16 rings (SSSR count). The van der Waals surface area contributed by atoms with Crippen molar-refractivity contribution in [1.82, 2.24) is 58.4 Å². The second-order valence-corrected chi connectivity index (χ2v) is 30.3. The van der Waals surface area contributed by atoms with Gasteiger partial charge < -0.3 is 0 Å². The molecule has 0 radical (unpaired) electrons. The van der Waals surface area contributed by atoms with E-state index in [1.807, 2.05) is 0 Å². The highest BCUT2D eigenvalue weighted by Gasteiger charge is 2.23. The van der Waals surface area contributed by atoms with E-state index in [1.165, 1.54) is 91.9 Å². The molecule has 8 heterocycles. The molecule has 0 aliphatic heterocycles. The molecule has 0 saturated heterocycles. The smallest absolute Gasteiger partial charge is 0.267 e. The van der Waals surface area contributed by atoms with Gasteiger partial charge in [0.15, 0.2) is 0 Å². The minimum absolute atomic E-state index is 0.218. The van der Waals surface area contributed by atoms with Gasteiger partial charge in [-0.15, -0.1) is 0 Å². The number of benzene rings is 8. The topological polar surface area (TPSA) is 189 Å². The Kier molecular flexibility index (Phi) is 25.0. The van der Waals surface area contributed by atoms with Crippen molar-refractivity contribution in [3.8, 4) is 44.5 Å². The quantitative estimate of drug-likeness (QED) is 0.105. The first-order valence-electron chi connectivity index (χ1n) is 31.6. The first-order chi connectivity index (χ1) is 53.7. The van der Waals surface area contributed by atoms with Gasteiger partial charge in [0.25, 0.3) is 22.2 Å². The lowest BCUT2D eigenvalue weighted by Gasteiger charge is -2.10. The maximum atomic E-state index is 13.9. The van der Waals surface area contributed by atoms with E-state index in [2.05, 4.69) is 40.3 Å². The van der Waals surface area contributed by atoms with Gasteiger partial charge in [0.1, 0.15) is 92.0 Å². The van der Waals surface area contributed by atoms with Crippen LogP contribution in [0.1, 0.15) is 0 Å². The van der Waals surface area contributed by atoms with E-state index in [-0.39, 0.29) is 41.8 Å². The average molecular weight is 1750 g/mol. The highest BCUT2D eigenvalue weighted by molar-refractivity contribution is 8.00. The van der Waals surface area contributed by atoms with Crippen LogP contribution in [-0.4, -0.2) is 58.4 Å². The van der Waals surface area contributed by atoms with Crippen molar-refractivity contribution in [2.75, 3.05) is 0 Å². The fourth-order valence-corrected chi connectivity index (χ4v) is 16.2. The summed E-state index contributed by atoms with van der Waals surface area (Å²) in [5.74, 6) is -5.37. The molecule has 0 bridgehead atoms. The molecule has 0 N–H and O–H groups in total. The molecule has 0 saturated carbocycles. The van der Waals surface area contributed by atoms with Crippen LogP contribution in [0.15, 0.2) is 278 Å². The van der Waals surface area contributed by atoms with Gasteiger partial charge in [-0.25, -0.2) is 53.2 Å². The zero-order valence-electron chi connectivity index (χ0n) is 55.5. The van der Waals surface area contributed by atoms with Crippen molar-refractivity contribution in [3.63, 3.8) is 0 Å². The number of hydrogen-bond donors (Lipinski definition) is 0. The van der Waals surface area contributed by atoms with Crippen LogP contribution in [0.25, 0.3) is 66.6 Å². The third-order valence-electron chi connectivity index (χ3n) is 15.6. The Morgan fingerprint density at radius 2 is 0.429 bits per heavy atom. The van der Waals surface area contributed by atoms with Crippen molar-refractivity contribution in [1.29, 1.82) is 0 Å². The number of hydrogen-bond acceptors (Lipinski definition) is 16. The van der Waals surface area contributed by atoms with Gasteiger partial charge in [0.2, 0.25) is 0 Å². The molecule has 0 atom stereocenters. The van der Waals surface area contributed by atoms with Crippen molar-refractivity contribution in [2.24, 2.45) is 0 Å².